The second-order valence-electron chi connectivity index (χ2n) is 3.82. The number of pyridine rings is 1. The van der Waals surface area contributed by atoms with Gasteiger partial charge in [0, 0.05) is 12.0 Å². The van der Waals surface area contributed by atoms with Crippen LogP contribution in [0.1, 0.15) is 18.0 Å². The maximum absolute atomic E-state index is 13.2. The Morgan fingerprint density at radius 3 is 3.00 bits per heavy atom. The van der Waals surface area contributed by atoms with Crippen molar-refractivity contribution < 1.29 is 18.7 Å². The van der Waals surface area contributed by atoms with E-state index < -0.39 is 24.1 Å². The number of aromatic nitrogens is 1. The number of hydrogen-bond donors (Lipinski definition) is 1. The lowest BCUT2D eigenvalue weighted by atomic mass is 10.1. The minimum Gasteiger partial charge on any atom is -0.465 e. The van der Waals surface area contributed by atoms with Crippen molar-refractivity contribution in [2.24, 2.45) is 0 Å². The Balaban J connectivity index is 2.37. The molecular formula is C10H9ClF2N2O2. The molecule has 0 aliphatic carbocycles. The van der Waals surface area contributed by atoms with Crippen molar-refractivity contribution >= 4 is 17.7 Å². The fraction of sp³-hybridized carbons (Fsp3) is 0.400. The van der Waals surface area contributed by atoms with Crippen LogP contribution in [0.5, 0.6) is 0 Å². The van der Waals surface area contributed by atoms with E-state index >= 15 is 0 Å². The van der Waals surface area contributed by atoms with Gasteiger partial charge >= 0.3 is 6.09 Å². The average Bonchev–Trinajstić information content (AvgIpc) is 2.64. The largest absolute Gasteiger partial charge is 0.465 e. The van der Waals surface area contributed by atoms with Gasteiger partial charge in [-0.05, 0) is 6.07 Å². The van der Waals surface area contributed by atoms with Gasteiger partial charge in [0.05, 0.1) is 18.8 Å². The van der Waals surface area contributed by atoms with E-state index in [0.29, 0.717) is 0 Å². The third-order valence-corrected chi connectivity index (χ3v) is 3.00. The Hall–Kier alpha value is -1.43. The predicted molar refractivity (Wildman–Crippen MR) is 56.2 cm³/mol. The minimum atomic E-state index is -1.27. The topological polar surface area (TPSA) is 53.4 Å². The Bertz CT molecular complexity index is 458. The monoisotopic (exact) mass is 262 g/mol. The van der Waals surface area contributed by atoms with Crippen molar-refractivity contribution in [1.29, 1.82) is 0 Å². The van der Waals surface area contributed by atoms with Gasteiger partial charge in [-0.2, -0.15) is 0 Å². The second kappa shape index (κ2) is 4.44. The number of hydrogen-bond acceptors (Lipinski definition) is 2. The van der Waals surface area contributed by atoms with Crippen LogP contribution in [0.25, 0.3) is 0 Å². The molecule has 1 N–H and O–H groups in total. The van der Waals surface area contributed by atoms with Crippen LogP contribution in [0.2, 0.25) is 5.15 Å². The number of halogens is 3. The van der Waals surface area contributed by atoms with Gasteiger partial charge in [0.1, 0.15) is 17.1 Å². The fourth-order valence-corrected chi connectivity index (χ4v) is 2.19. The zero-order valence-corrected chi connectivity index (χ0v) is 9.36. The molecule has 0 spiro atoms. The Labute approximate surface area is 101 Å². The molecule has 17 heavy (non-hydrogen) atoms. The summed E-state index contributed by atoms with van der Waals surface area (Å²) in [7, 11) is 0. The highest BCUT2D eigenvalue weighted by Gasteiger charge is 2.37. The van der Waals surface area contributed by atoms with Crippen molar-refractivity contribution in [2.75, 3.05) is 6.54 Å². The molecule has 0 radical (unpaired) electrons. The number of nitrogens with zero attached hydrogens (tertiary/aromatic N) is 2. The fourth-order valence-electron chi connectivity index (χ4n) is 1.96. The van der Waals surface area contributed by atoms with E-state index in [9.17, 15) is 13.6 Å². The first-order valence-corrected chi connectivity index (χ1v) is 5.31. The third-order valence-electron chi connectivity index (χ3n) is 2.69. The maximum Gasteiger partial charge on any atom is 0.407 e. The molecule has 7 heteroatoms. The zero-order chi connectivity index (χ0) is 12.6. The van der Waals surface area contributed by atoms with E-state index in [1.807, 2.05) is 0 Å². The lowest BCUT2D eigenvalue weighted by molar-refractivity contribution is 0.138. The molecule has 1 aromatic rings. The first-order valence-electron chi connectivity index (χ1n) is 4.93. The van der Waals surface area contributed by atoms with Crippen molar-refractivity contribution in [1.82, 2.24) is 9.88 Å². The number of rotatable bonds is 1. The van der Waals surface area contributed by atoms with Crippen LogP contribution in [0.4, 0.5) is 13.6 Å². The third kappa shape index (κ3) is 2.31. The minimum absolute atomic E-state index is 0.00301. The molecule has 0 bridgehead atoms. The van der Waals surface area contributed by atoms with Crippen LogP contribution in [-0.2, 0) is 0 Å². The van der Waals surface area contributed by atoms with Gasteiger partial charge in [0.15, 0.2) is 0 Å². The molecule has 2 atom stereocenters. The highest BCUT2D eigenvalue weighted by Crippen LogP contribution is 2.36. The molecule has 1 aliphatic heterocycles. The Morgan fingerprint density at radius 1 is 1.65 bits per heavy atom. The van der Waals surface area contributed by atoms with Crippen LogP contribution >= 0.6 is 11.6 Å². The van der Waals surface area contributed by atoms with Crippen LogP contribution in [-0.4, -0.2) is 33.8 Å². The molecule has 0 aromatic carbocycles. The van der Waals surface area contributed by atoms with Gasteiger partial charge in [-0.25, -0.2) is 18.6 Å². The molecule has 4 nitrogen and oxygen atoms in total. The molecule has 0 saturated carbocycles. The van der Waals surface area contributed by atoms with Gasteiger partial charge in [-0.15, -0.1) is 0 Å². The zero-order valence-electron chi connectivity index (χ0n) is 8.61. The lowest BCUT2D eigenvalue weighted by Gasteiger charge is -2.21. The van der Waals surface area contributed by atoms with Crippen molar-refractivity contribution in [3.63, 3.8) is 0 Å². The summed E-state index contributed by atoms with van der Waals surface area (Å²) in [6.07, 6.45) is -1.62. The average molecular weight is 263 g/mol. The summed E-state index contributed by atoms with van der Waals surface area (Å²) in [5.41, 5.74) is 0.203. The molecule has 2 unspecified atom stereocenters. The van der Waals surface area contributed by atoms with Crippen LogP contribution in [0.15, 0.2) is 12.3 Å². The summed E-state index contributed by atoms with van der Waals surface area (Å²) in [6.45, 7) is -0.229. The molecule has 92 valence electrons. The van der Waals surface area contributed by atoms with E-state index in [0.717, 1.165) is 17.2 Å². The predicted octanol–water partition coefficient (Wildman–Crippen LogP) is 2.64. The quantitative estimate of drug-likeness (QED) is 0.792. The Kier molecular flexibility index (Phi) is 3.15. The van der Waals surface area contributed by atoms with E-state index in [1.54, 1.807) is 0 Å². The van der Waals surface area contributed by atoms with Crippen LogP contribution in [0.3, 0.4) is 0 Å². The van der Waals surface area contributed by atoms with Gasteiger partial charge in [-0.3, -0.25) is 4.90 Å². The number of amides is 1. The molecule has 1 saturated heterocycles. The lowest BCUT2D eigenvalue weighted by Crippen LogP contribution is -2.30. The van der Waals surface area contributed by atoms with E-state index in [1.165, 1.54) is 0 Å². The van der Waals surface area contributed by atoms with Gasteiger partial charge in [0.25, 0.3) is 0 Å². The van der Waals surface area contributed by atoms with Crippen molar-refractivity contribution in [2.45, 2.75) is 18.6 Å². The second-order valence-corrected chi connectivity index (χ2v) is 4.18. The maximum atomic E-state index is 13.2. The molecule has 1 fully saturated rings. The number of carbonyl (C=O) groups is 1. The number of carboxylic acid groups (broad SMARTS) is 1. The van der Waals surface area contributed by atoms with Gasteiger partial charge in [0.2, 0.25) is 0 Å². The standard InChI is InChI=1S/C10H9ClF2N2O2/c11-9-7(1-5(12)3-14-9)8-2-6(13)4-15(8)10(16)17/h1,3,6,8H,2,4H2,(H,16,17). The van der Waals surface area contributed by atoms with Crippen molar-refractivity contribution in [3.05, 3.63) is 28.8 Å². The molecular weight excluding hydrogens is 254 g/mol. The first kappa shape index (κ1) is 12.0. The van der Waals surface area contributed by atoms with Crippen LogP contribution < -0.4 is 0 Å². The first-order chi connectivity index (χ1) is 7.99. The smallest absolute Gasteiger partial charge is 0.407 e. The number of alkyl halides is 1. The van der Waals surface area contributed by atoms with Crippen LogP contribution in [0, 0.1) is 5.82 Å². The van der Waals surface area contributed by atoms with E-state index in [-0.39, 0.29) is 23.7 Å². The summed E-state index contributed by atoms with van der Waals surface area (Å²) >= 11 is 5.77. The summed E-state index contributed by atoms with van der Waals surface area (Å²) in [6, 6.07) is 0.312. The summed E-state index contributed by atoms with van der Waals surface area (Å²) < 4.78 is 26.3. The highest BCUT2D eigenvalue weighted by atomic mass is 35.5. The van der Waals surface area contributed by atoms with E-state index in [2.05, 4.69) is 4.98 Å². The highest BCUT2D eigenvalue weighted by molar-refractivity contribution is 6.30. The molecule has 1 amide bonds. The van der Waals surface area contributed by atoms with Gasteiger partial charge in [-0.1, -0.05) is 11.6 Å². The number of likely N-dealkylation sites (tertiary alicyclic amines) is 1. The molecule has 2 rings (SSSR count). The SMILES string of the molecule is O=C(O)N1CC(F)CC1c1cc(F)cnc1Cl. The summed E-state index contributed by atoms with van der Waals surface area (Å²) in [5.74, 6) is -0.628. The molecule has 1 aromatic heterocycles. The molecule has 1 aliphatic rings. The van der Waals surface area contributed by atoms with Crippen molar-refractivity contribution in [3.8, 4) is 0 Å². The van der Waals surface area contributed by atoms with E-state index in [4.69, 9.17) is 16.7 Å². The molecule has 2 heterocycles. The Morgan fingerprint density at radius 2 is 2.35 bits per heavy atom. The summed E-state index contributed by atoms with van der Waals surface area (Å²) in [4.78, 5) is 15.4. The normalized spacial score (nSPS) is 24.1. The summed E-state index contributed by atoms with van der Waals surface area (Å²) in [5, 5.41) is 8.92. The van der Waals surface area contributed by atoms with Gasteiger partial charge < -0.3 is 5.11 Å².